The molecule has 4 heteroatoms. The van der Waals surface area contributed by atoms with Gasteiger partial charge in [-0.05, 0) is 17.5 Å². The molecule has 0 unspecified atom stereocenters. The summed E-state index contributed by atoms with van der Waals surface area (Å²) < 4.78 is 12.4. The molecule has 0 spiro atoms. The van der Waals surface area contributed by atoms with E-state index in [1.807, 2.05) is 6.92 Å². The summed E-state index contributed by atoms with van der Waals surface area (Å²) in [5.74, 6) is 0.522. The Balaban J connectivity index is 3.16. The van der Waals surface area contributed by atoms with E-state index in [0.29, 0.717) is 17.9 Å². The lowest BCUT2D eigenvalue weighted by Crippen LogP contribution is -2.00. The van der Waals surface area contributed by atoms with Crippen molar-refractivity contribution in [2.75, 3.05) is 6.67 Å². The maximum atomic E-state index is 12.4. The molecule has 0 heterocycles. The first-order chi connectivity index (χ1) is 7.08. The van der Waals surface area contributed by atoms with Crippen LogP contribution in [0.3, 0.4) is 0 Å². The van der Waals surface area contributed by atoms with E-state index in [1.54, 1.807) is 13.0 Å². The molecule has 1 radical (unpaired) electrons. The van der Waals surface area contributed by atoms with Gasteiger partial charge in [0.15, 0.2) is 0 Å². The van der Waals surface area contributed by atoms with Crippen molar-refractivity contribution in [2.24, 2.45) is 0 Å². The number of hydrogen-bond acceptors (Lipinski definition) is 2. The van der Waals surface area contributed by atoms with E-state index >= 15 is 0 Å². The van der Waals surface area contributed by atoms with E-state index in [2.05, 4.69) is 0 Å². The minimum Gasteiger partial charge on any atom is -0.258 e. The highest BCUT2D eigenvalue weighted by atomic mass is 19.1. The molecule has 81 valence electrons. The lowest BCUT2D eigenvalue weighted by atomic mass is 9.98. The predicted molar refractivity (Wildman–Crippen MR) is 56.5 cm³/mol. The SMILES string of the molecule is CCc1cc([C](C)CF)cc([N+](=O)[O-])c1. The number of benzene rings is 1. The molecule has 0 saturated carbocycles. The molecule has 1 aromatic rings. The van der Waals surface area contributed by atoms with Crippen LogP contribution < -0.4 is 0 Å². The van der Waals surface area contributed by atoms with Crippen molar-refractivity contribution in [3.05, 3.63) is 45.4 Å². The Kier molecular flexibility index (Phi) is 3.77. The maximum absolute atomic E-state index is 12.4. The highest BCUT2D eigenvalue weighted by Crippen LogP contribution is 2.23. The van der Waals surface area contributed by atoms with Crippen LogP contribution >= 0.6 is 0 Å². The summed E-state index contributed by atoms with van der Waals surface area (Å²) >= 11 is 0. The molecule has 15 heavy (non-hydrogen) atoms. The minimum absolute atomic E-state index is 0.0251. The summed E-state index contributed by atoms with van der Waals surface area (Å²) in [5.41, 5.74) is 1.49. The lowest BCUT2D eigenvalue weighted by Gasteiger charge is -2.08. The van der Waals surface area contributed by atoms with Gasteiger partial charge in [0.25, 0.3) is 5.69 Å². The van der Waals surface area contributed by atoms with Crippen LogP contribution in [-0.4, -0.2) is 11.6 Å². The molecule has 0 bridgehead atoms. The number of rotatable bonds is 4. The smallest absolute Gasteiger partial charge is 0.258 e. The Labute approximate surface area is 88.1 Å². The Morgan fingerprint density at radius 2 is 2.13 bits per heavy atom. The number of nitro benzene ring substituents is 1. The van der Waals surface area contributed by atoms with Crippen molar-refractivity contribution in [1.29, 1.82) is 0 Å². The van der Waals surface area contributed by atoms with Crippen LogP contribution in [0.5, 0.6) is 0 Å². The van der Waals surface area contributed by atoms with E-state index in [9.17, 15) is 14.5 Å². The number of nitro groups is 1. The monoisotopic (exact) mass is 210 g/mol. The van der Waals surface area contributed by atoms with Crippen LogP contribution in [0.2, 0.25) is 0 Å². The summed E-state index contributed by atoms with van der Waals surface area (Å²) in [5, 5.41) is 10.6. The Morgan fingerprint density at radius 3 is 2.60 bits per heavy atom. The maximum Gasteiger partial charge on any atom is 0.269 e. The molecule has 1 aromatic carbocycles. The van der Waals surface area contributed by atoms with Crippen LogP contribution in [0.1, 0.15) is 25.0 Å². The predicted octanol–water partition coefficient (Wildman–Crippen LogP) is 3.07. The number of nitrogens with zero attached hydrogens (tertiary/aromatic N) is 1. The Bertz CT molecular complexity index is 366. The van der Waals surface area contributed by atoms with Crippen LogP contribution in [0.25, 0.3) is 0 Å². The van der Waals surface area contributed by atoms with Gasteiger partial charge in [-0.25, -0.2) is 0 Å². The third-order valence-electron chi connectivity index (χ3n) is 2.29. The molecule has 0 aromatic heterocycles. The topological polar surface area (TPSA) is 43.1 Å². The standard InChI is InChI=1S/C11H13FNO2/c1-3-9-4-10(8(2)7-12)6-11(5-9)13(14)15/h4-6H,3,7H2,1-2H3. The van der Waals surface area contributed by atoms with Gasteiger partial charge in [-0.2, -0.15) is 0 Å². The largest absolute Gasteiger partial charge is 0.269 e. The number of hydrogen-bond donors (Lipinski definition) is 0. The summed E-state index contributed by atoms with van der Waals surface area (Å²) in [4.78, 5) is 10.2. The van der Waals surface area contributed by atoms with Gasteiger partial charge in [0.05, 0.1) is 11.6 Å². The molecule has 0 aliphatic heterocycles. The third kappa shape index (κ3) is 2.75. The summed E-state index contributed by atoms with van der Waals surface area (Å²) in [6, 6.07) is 4.73. The summed E-state index contributed by atoms with van der Waals surface area (Å²) in [6.07, 6.45) is 0.703. The molecule has 3 nitrogen and oxygen atoms in total. The molecule has 0 aliphatic rings. The van der Waals surface area contributed by atoms with E-state index in [0.717, 1.165) is 5.56 Å². The van der Waals surface area contributed by atoms with Gasteiger partial charge in [-0.1, -0.05) is 19.9 Å². The first-order valence-corrected chi connectivity index (χ1v) is 4.75. The van der Waals surface area contributed by atoms with Gasteiger partial charge in [-0.15, -0.1) is 0 Å². The van der Waals surface area contributed by atoms with Crippen molar-refractivity contribution < 1.29 is 9.31 Å². The fourth-order valence-electron chi connectivity index (χ4n) is 1.31. The molecule has 1 rings (SSSR count). The molecule has 0 aliphatic carbocycles. The quantitative estimate of drug-likeness (QED) is 0.566. The zero-order chi connectivity index (χ0) is 11.4. The van der Waals surface area contributed by atoms with Crippen LogP contribution in [-0.2, 0) is 6.42 Å². The van der Waals surface area contributed by atoms with Gasteiger partial charge in [0.2, 0.25) is 0 Å². The second kappa shape index (κ2) is 4.87. The highest BCUT2D eigenvalue weighted by Gasteiger charge is 2.13. The molecular weight excluding hydrogens is 197 g/mol. The van der Waals surface area contributed by atoms with Crippen molar-refractivity contribution >= 4 is 5.69 Å². The highest BCUT2D eigenvalue weighted by molar-refractivity contribution is 5.44. The van der Waals surface area contributed by atoms with Crippen molar-refractivity contribution in [3.8, 4) is 0 Å². The van der Waals surface area contributed by atoms with Crippen molar-refractivity contribution in [1.82, 2.24) is 0 Å². The zero-order valence-corrected chi connectivity index (χ0v) is 8.79. The first kappa shape index (κ1) is 11.6. The number of non-ortho nitro benzene ring substituents is 1. The number of aryl methyl sites for hydroxylation is 1. The molecule has 0 atom stereocenters. The minimum atomic E-state index is -0.579. The lowest BCUT2D eigenvalue weighted by molar-refractivity contribution is -0.385. The van der Waals surface area contributed by atoms with E-state index in [-0.39, 0.29) is 5.69 Å². The molecular formula is C11H13FNO2. The van der Waals surface area contributed by atoms with Crippen LogP contribution in [0, 0.1) is 16.0 Å². The fourth-order valence-corrected chi connectivity index (χ4v) is 1.31. The number of halogens is 1. The second-order valence-electron chi connectivity index (χ2n) is 3.41. The van der Waals surface area contributed by atoms with Crippen LogP contribution in [0.15, 0.2) is 18.2 Å². The van der Waals surface area contributed by atoms with Gasteiger partial charge < -0.3 is 0 Å². The normalized spacial score (nSPS) is 10.7. The van der Waals surface area contributed by atoms with Gasteiger partial charge in [-0.3, -0.25) is 14.5 Å². The molecule has 0 saturated heterocycles. The summed E-state index contributed by atoms with van der Waals surface area (Å²) in [6.45, 7) is 2.97. The molecule has 0 amide bonds. The van der Waals surface area contributed by atoms with Crippen LogP contribution in [0.4, 0.5) is 10.1 Å². The average molecular weight is 210 g/mol. The fraction of sp³-hybridized carbons (Fsp3) is 0.364. The average Bonchev–Trinajstić information content (AvgIpc) is 2.27. The Hall–Kier alpha value is -1.45. The van der Waals surface area contributed by atoms with E-state index < -0.39 is 11.6 Å². The van der Waals surface area contributed by atoms with E-state index in [4.69, 9.17) is 0 Å². The molecule has 0 fully saturated rings. The molecule has 0 N–H and O–H groups in total. The van der Waals surface area contributed by atoms with Gasteiger partial charge in [0.1, 0.15) is 0 Å². The van der Waals surface area contributed by atoms with E-state index in [1.165, 1.54) is 12.1 Å². The first-order valence-electron chi connectivity index (χ1n) is 4.75. The third-order valence-corrected chi connectivity index (χ3v) is 2.29. The Morgan fingerprint density at radius 1 is 1.47 bits per heavy atom. The van der Waals surface area contributed by atoms with Crippen molar-refractivity contribution in [2.45, 2.75) is 20.3 Å². The van der Waals surface area contributed by atoms with Gasteiger partial charge in [0, 0.05) is 18.1 Å². The second-order valence-corrected chi connectivity index (χ2v) is 3.41. The zero-order valence-electron chi connectivity index (χ0n) is 8.79. The van der Waals surface area contributed by atoms with Gasteiger partial charge >= 0.3 is 0 Å². The number of alkyl halides is 1. The summed E-state index contributed by atoms with van der Waals surface area (Å²) in [7, 11) is 0. The van der Waals surface area contributed by atoms with Crippen molar-refractivity contribution in [3.63, 3.8) is 0 Å².